The molecule has 0 atom stereocenters. The fourth-order valence-corrected chi connectivity index (χ4v) is 2.31. The second-order valence-electron chi connectivity index (χ2n) is 5.15. The smallest absolute Gasteiger partial charge is 0.135 e. The minimum Gasteiger partial charge on any atom is -0.370 e. The summed E-state index contributed by atoms with van der Waals surface area (Å²) in [5, 5.41) is 7.44. The van der Waals surface area contributed by atoms with Crippen molar-refractivity contribution in [3.63, 3.8) is 0 Å². The molecule has 0 bridgehead atoms. The number of hydrogen-bond donors (Lipinski definition) is 2. The van der Waals surface area contributed by atoms with E-state index in [2.05, 4.69) is 41.4 Å². The fraction of sp³-hybridized carbons (Fsp3) is 0.375. The Morgan fingerprint density at radius 3 is 2.24 bits per heavy atom. The van der Waals surface area contributed by atoms with Crippen molar-refractivity contribution in [2.75, 3.05) is 17.2 Å². The first-order valence-electron chi connectivity index (χ1n) is 7.19. The van der Waals surface area contributed by atoms with Crippen molar-refractivity contribution in [2.45, 2.75) is 33.2 Å². The van der Waals surface area contributed by atoms with E-state index in [0.717, 1.165) is 34.3 Å². The van der Waals surface area contributed by atoms with Gasteiger partial charge in [-0.15, -0.1) is 0 Å². The van der Waals surface area contributed by atoms with Crippen molar-refractivity contribution in [3.8, 4) is 0 Å². The highest BCUT2D eigenvalue weighted by Gasteiger charge is 2.14. The normalized spacial score (nSPS) is 10.7. The Kier molecular flexibility index (Phi) is 5.39. The summed E-state index contributed by atoms with van der Waals surface area (Å²) in [4.78, 5) is 8.72. The first-order chi connectivity index (χ1) is 10.1. The molecule has 0 amide bonds. The molecule has 0 unspecified atom stereocenters. The highest BCUT2D eigenvalue weighted by Crippen LogP contribution is 2.28. The second kappa shape index (κ2) is 7.27. The molecule has 0 spiro atoms. The van der Waals surface area contributed by atoms with Crippen LogP contribution in [0.2, 0.25) is 5.02 Å². The molecule has 112 valence electrons. The zero-order valence-electron chi connectivity index (χ0n) is 12.7. The molecule has 4 nitrogen and oxygen atoms in total. The largest absolute Gasteiger partial charge is 0.370 e. The first kappa shape index (κ1) is 15.6. The zero-order chi connectivity index (χ0) is 15.2. The van der Waals surface area contributed by atoms with Gasteiger partial charge in [-0.2, -0.15) is 0 Å². The summed E-state index contributed by atoms with van der Waals surface area (Å²) in [5.41, 5.74) is 2.28. The van der Waals surface area contributed by atoms with Crippen molar-refractivity contribution < 1.29 is 0 Å². The predicted molar refractivity (Wildman–Crippen MR) is 89.1 cm³/mol. The summed E-state index contributed by atoms with van der Waals surface area (Å²) in [5.74, 6) is 2.12. The maximum Gasteiger partial charge on any atom is 0.135 e. The molecule has 0 radical (unpaired) electrons. The summed E-state index contributed by atoms with van der Waals surface area (Å²) >= 11 is 5.90. The molecule has 1 aromatic heterocycles. The van der Waals surface area contributed by atoms with Gasteiger partial charge < -0.3 is 10.6 Å². The van der Waals surface area contributed by atoms with Crippen molar-refractivity contribution in [1.82, 2.24) is 9.97 Å². The third-order valence-corrected chi connectivity index (χ3v) is 3.43. The summed E-state index contributed by atoms with van der Waals surface area (Å²) < 4.78 is 0. The predicted octanol–water partition coefficient (Wildman–Crippen LogP) is 4.30. The van der Waals surface area contributed by atoms with E-state index >= 15 is 0 Å². The molecular formula is C16H21ClN4. The van der Waals surface area contributed by atoms with Crippen LogP contribution in [0, 0.1) is 0 Å². The van der Waals surface area contributed by atoms with Crippen LogP contribution in [0.3, 0.4) is 0 Å². The van der Waals surface area contributed by atoms with Gasteiger partial charge in [-0.25, -0.2) is 9.97 Å². The van der Waals surface area contributed by atoms with E-state index in [4.69, 9.17) is 11.6 Å². The number of benzene rings is 1. The maximum atomic E-state index is 5.90. The molecule has 1 heterocycles. The van der Waals surface area contributed by atoms with Crippen LogP contribution >= 0.6 is 11.6 Å². The minimum absolute atomic E-state index is 0.341. The van der Waals surface area contributed by atoms with Gasteiger partial charge in [0.15, 0.2) is 0 Å². The van der Waals surface area contributed by atoms with Crippen LogP contribution in [0.15, 0.2) is 30.6 Å². The van der Waals surface area contributed by atoms with Gasteiger partial charge >= 0.3 is 0 Å². The third-order valence-electron chi connectivity index (χ3n) is 3.18. The zero-order valence-corrected chi connectivity index (χ0v) is 13.4. The Morgan fingerprint density at radius 1 is 1.05 bits per heavy atom. The van der Waals surface area contributed by atoms with Crippen molar-refractivity contribution in [3.05, 3.63) is 46.7 Å². The van der Waals surface area contributed by atoms with E-state index in [1.165, 1.54) is 0 Å². The maximum absolute atomic E-state index is 5.90. The Morgan fingerprint density at radius 2 is 1.67 bits per heavy atom. The monoisotopic (exact) mass is 304 g/mol. The SMILES string of the molecule is CCNc1ncnc(NCc2ccc(Cl)cc2)c1C(C)C. The van der Waals surface area contributed by atoms with Gasteiger partial charge in [-0.1, -0.05) is 37.6 Å². The van der Waals surface area contributed by atoms with Crippen LogP contribution in [0.25, 0.3) is 0 Å². The number of nitrogens with zero attached hydrogens (tertiary/aromatic N) is 2. The topological polar surface area (TPSA) is 49.8 Å². The van der Waals surface area contributed by atoms with Gasteiger partial charge in [-0.3, -0.25) is 0 Å². The average Bonchev–Trinajstić information content (AvgIpc) is 2.47. The molecule has 0 saturated carbocycles. The molecule has 0 aliphatic heterocycles. The summed E-state index contributed by atoms with van der Waals surface area (Å²) in [6.45, 7) is 7.90. The highest BCUT2D eigenvalue weighted by atomic mass is 35.5. The molecule has 2 rings (SSSR count). The van der Waals surface area contributed by atoms with E-state index in [9.17, 15) is 0 Å². The van der Waals surface area contributed by atoms with Gasteiger partial charge in [0.1, 0.15) is 18.0 Å². The molecule has 0 aliphatic carbocycles. The molecule has 0 aliphatic rings. The Labute approximate surface area is 131 Å². The Bertz CT molecular complexity index is 581. The van der Waals surface area contributed by atoms with E-state index in [1.807, 2.05) is 24.3 Å². The number of rotatable bonds is 6. The van der Waals surface area contributed by atoms with E-state index < -0.39 is 0 Å². The van der Waals surface area contributed by atoms with Gasteiger partial charge in [-0.05, 0) is 30.5 Å². The molecule has 0 fully saturated rings. The van der Waals surface area contributed by atoms with Gasteiger partial charge in [0, 0.05) is 23.7 Å². The molecule has 2 N–H and O–H groups in total. The van der Waals surface area contributed by atoms with Gasteiger partial charge in [0.2, 0.25) is 0 Å². The number of halogens is 1. The third kappa shape index (κ3) is 4.08. The van der Waals surface area contributed by atoms with Gasteiger partial charge in [0.25, 0.3) is 0 Å². The van der Waals surface area contributed by atoms with E-state index in [-0.39, 0.29) is 0 Å². The molecular weight excluding hydrogens is 284 g/mol. The molecule has 2 aromatic rings. The van der Waals surface area contributed by atoms with Crippen molar-refractivity contribution in [1.29, 1.82) is 0 Å². The second-order valence-corrected chi connectivity index (χ2v) is 5.59. The summed E-state index contributed by atoms with van der Waals surface area (Å²) in [7, 11) is 0. The molecule has 5 heteroatoms. The van der Waals surface area contributed by atoms with Crippen LogP contribution in [0.5, 0.6) is 0 Å². The van der Waals surface area contributed by atoms with Gasteiger partial charge in [0.05, 0.1) is 0 Å². The van der Waals surface area contributed by atoms with Crippen LogP contribution < -0.4 is 10.6 Å². The highest BCUT2D eigenvalue weighted by molar-refractivity contribution is 6.30. The minimum atomic E-state index is 0.341. The lowest BCUT2D eigenvalue weighted by Crippen LogP contribution is -2.11. The Hall–Kier alpha value is -1.81. The van der Waals surface area contributed by atoms with Crippen LogP contribution in [-0.4, -0.2) is 16.5 Å². The fourth-order valence-electron chi connectivity index (χ4n) is 2.18. The average molecular weight is 305 g/mol. The van der Waals surface area contributed by atoms with Crippen LogP contribution in [-0.2, 0) is 6.54 Å². The lowest BCUT2D eigenvalue weighted by atomic mass is 10.0. The lowest BCUT2D eigenvalue weighted by Gasteiger charge is -2.17. The van der Waals surface area contributed by atoms with Crippen molar-refractivity contribution in [2.24, 2.45) is 0 Å². The van der Waals surface area contributed by atoms with Crippen LogP contribution in [0.1, 0.15) is 37.8 Å². The van der Waals surface area contributed by atoms with Crippen molar-refractivity contribution >= 4 is 23.2 Å². The van der Waals surface area contributed by atoms with Crippen LogP contribution in [0.4, 0.5) is 11.6 Å². The molecule has 1 aromatic carbocycles. The van der Waals surface area contributed by atoms with E-state index in [1.54, 1.807) is 6.33 Å². The Balaban J connectivity index is 2.19. The number of nitrogens with one attached hydrogen (secondary N) is 2. The number of hydrogen-bond acceptors (Lipinski definition) is 4. The standard InChI is InChI=1S/C16H21ClN4/c1-4-18-15-14(11(2)3)16(21-10-20-15)19-9-12-5-7-13(17)8-6-12/h5-8,10-11H,4,9H2,1-3H3,(H2,18,19,20,21). The quantitative estimate of drug-likeness (QED) is 0.835. The first-order valence-corrected chi connectivity index (χ1v) is 7.56. The van der Waals surface area contributed by atoms with E-state index in [0.29, 0.717) is 12.5 Å². The lowest BCUT2D eigenvalue weighted by molar-refractivity contribution is 0.844. The number of aromatic nitrogens is 2. The summed E-state index contributed by atoms with van der Waals surface area (Å²) in [6.07, 6.45) is 1.59. The molecule has 21 heavy (non-hydrogen) atoms. The number of anilines is 2. The summed E-state index contributed by atoms with van der Waals surface area (Å²) in [6, 6.07) is 7.81. The molecule has 0 saturated heterocycles.